The third-order valence-corrected chi connectivity index (χ3v) is 4.58. The van der Waals surface area contributed by atoms with Crippen molar-refractivity contribution in [3.8, 4) is 11.8 Å². The van der Waals surface area contributed by atoms with Crippen LogP contribution in [0.4, 0.5) is 13.2 Å². The van der Waals surface area contributed by atoms with Gasteiger partial charge < -0.3 is 0 Å². The third-order valence-electron chi connectivity index (χ3n) is 4.58. The minimum Gasteiger partial charge on any atom is -0.206 e. The van der Waals surface area contributed by atoms with Crippen LogP contribution in [0.2, 0.25) is 0 Å². The Kier molecular flexibility index (Phi) is 4.94. The highest BCUT2D eigenvalue weighted by Crippen LogP contribution is 2.30. The van der Waals surface area contributed by atoms with Gasteiger partial charge in [0.05, 0.1) is 5.56 Å². The second-order valence-corrected chi connectivity index (χ2v) is 6.38. The number of fused-ring (bicyclic) bond motifs is 1. The van der Waals surface area contributed by atoms with Gasteiger partial charge in [0.1, 0.15) is 5.82 Å². The van der Waals surface area contributed by atoms with Gasteiger partial charge in [0, 0.05) is 5.56 Å². The molecule has 1 aliphatic carbocycles. The summed E-state index contributed by atoms with van der Waals surface area (Å²) in [5.41, 5.74) is 2.87. The quantitative estimate of drug-likeness (QED) is 0.647. The van der Waals surface area contributed by atoms with E-state index in [4.69, 9.17) is 0 Å². The summed E-state index contributed by atoms with van der Waals surface area (Å²) >= 11 is 0. The van der Waals surface area contributed by atoms with Crippen LogP contribution in [0.1, 0.15) is 48.4 Å². The second kappa shape index (κ2) is 7.13. The maximum atomic E-state index is 14.3. The smallest absolute Gasteiger partial charge is 0.160 e. The number of halogens is 3. The lowest BCUT2D eigenvalue weighted by atomic mass is 9.81. The molecule has 0 spiro atoms. The normalized spacial score (nSPS) is 16.2. The van der Waals surface area contributed by atoms with Gasteiger partial charge in [-0.2, -0.15) is 0 Å². The van der Waals surface area contributed by atoms with E-state index in [2.05, 4.69) is 18.8 Å². The first-order valence-corrected chi connectivity index (χ1v) is 8.35. The fourth-order valence-corrected chi connectivity index (χ4v) is 3.32. The van der Waals surface area contributed by atoms with Crippen LogP contribution >= 0.6 is 0 Å². The average molecular weight is 328 g/mol. The predicted octanol–water partition coefficient (Wildman–Crippen LogP) is 5.41. The molecular formula is C21H19F3. The van der Waals surface area contributed by atoms with Crippen molar-refractivity contribution in [3.05, 3.63) is 70.0 Å². The lowest BCUT2D eigenvalue weighted by Crippen LogP contribution is -2.14. The zero-order valence-electron chi connectivity index (χ0n) is 13.6. The van der Waals surface area contributed by atoms with Crippen LogP contribution in [0, 0.1) is 35.2 Å². The first-order valence-electron chi connectivity index (χ1n) is 8.35. The number of benzene rings is 2. The van der Waals surface area contributed by atoms with E-state index in [-0.39, 0.29) is 5.82 Å². The first kappa shape index (κ1) is 16.6. The van der Waals surface area contributed by atoms with Gasteiger partial charge in [-0.15, -0.1) is 0 Å². The van der Waals surface area contributed by atoms with E-state index in [0.717, 1.165) is 48.9 Å². The summed E-state index contributed by atoms with van der Waals surface area (Å²) in [6, 6.07) is 6.83. The molecule has 0 fully saturated rings. The average Bonchev–Trinajstić information content (AvgIpc) is 2.56. The van der Waals surface area contributed by atoms with Crippen molar-refractivity contribution < 1.29 is 13.2 Å². The van der Waals surface area contributed by atoms with Gasteiger partial charge in [-0.1, -0.05) is 31.6 Å². The Labute approximate surface area is 140 Å². The third kappa shape index (κ3) is 3.64. The molecule has 0 bridgehead atoms. The van der Waals surface area contributed by atoms with Crippen molar-refractivity contribution in [1.82, 2.24) is 0 Å². The summed E-state index contributed by atoms with van der Waals surface area (Å²) in [6.07, 6.45) is 5.33. The molecule has 0 N–H and O–H groups in total. The molecule has 0 heterocycles. The molecule has 0 saturated heterocycles. The number of rotatable bonds is 2. The van der Waals surface area contributed by atoms with E-state index < -0.39 is 11.6 Å². The predicted molar refractivity (Wildman–Crippen MR) is 89.2 cm³/mol. The van der Waals surface area contributed by atoms with Crippen molar-refractivity contribution in [2.75, 3.05) is 0 Å². The summed E-state index contributed by atoms with van der Waals surface area (Å²) in [7, 11) is 0. The Morgan fingerprint density at radius 1 is 0.958 bits per heavy atom. The SMILES string of the molecule is CCCC1CCc2cc(C#Cc3ccc(F)c(F)c3)c(F)cc2C1. The summed E-state index contributed by atoms with van der Waals surface area (Å²) in [4.78, 5) is 0. The number of hydrogen-bond donors (Lipinski definition) is 0. The van der Waals surface area contributed by atoms with E-state index in [1.165, 1.54) is 12.5 Å². The Hall–Kier alpha value is -2.21. The lowest BCUT2D eigenvalue weighted by Gasteiger charge is -2.24. The molecule has 0 aliphatic heterocycles. The molecule has 2 aromatic rings. The van der Waals surface area contributed by atoms with Crippen molar-refractivity contribution in [3.63, 3.8) is 0 Å². The van der Waals surface area contributed by atoms with Crippen molar-refractivity contribution in [2.45, 2.75) is 39.0 Å². The van der Waals surface area contributed by atoms with Crippen LogP contribution in [0.25, 0.3) is 0 Å². The Morgan fingerprint density at radius 3 is 2.54 bits per heavy atom. The minimum absolute atomic E-state index is 0.312. The molecule has 1 atom stereocenters. The van der Waals surface area contributed by atoms with E-state index >= 15 is 0 Å². The van der Waals surface area contributed by atoms with Crippen LogP contribution < -0.4 is 0 Å². The zero-order valence-corrected chi connectivity index (χ0v) is 13.6. The van der Waals surface area contributed by atoms with Gasteiger partial charge >= 0.3 is 0 Å². The molecule has 1 aliphatic rings. The van der Waals surface area contributed by atoms with Crippen molar-refractivity contribution in [2.24, 2.45) is 5.92 Å². The fraction of sp³-hybridized carbons (Fsp3) is 0.333. The Morgan fingerprint density at radius 2 is 1.79 bits per heavy atom. The highest BCUT2D eigenvalue weighted by Gasteiger charge is 2.19. The molecule has 124 valence electrons. The van der Waals surface area contributed by atoms with Gasteiger partial charge in [0.15, 0.2) is 11.6 Å². The largest absolute Gasteiger partial charge is 0.206 e. The van der Waals surface area contributed by atoms with Crippen LogP contribution in [0.15, 0.2) is 30.3 Å². The Bertz CT molecular complexity index is 812. The molecule has 3 rings (SSSR count). The van der Waals surface area contributed by atoms with Gasteiger partial charge in [0.25, 0.3) is 0 Å². The molecular weight excluding hydrogens is 309 g/mol. The summed E-state index contributed by atoms with van der Waals surface area (Å²) in [6.45, 7) is 2.17. The van der Waals surface area contributed by atoms with E-state index in [1.807, 2.05) is 0 Å². The lowest BCUT2D eigenvalue weighted by molar-refractivity contribution is 0.421. The molecule has 1 unspecified atom stereocenters. The van der Waals surface area contributed by atoms with Crippen LogP contribution in [-0.2, 0) is 12.8 Å². The second-order valence-electron chi connectivity index (χ2n) is 6.38. The fourth-order valence-electron chi connectivity index (χ4n) is 3.32. The maximum Gasteiger partial charge on any atom is 0.160 e. The highest BCUT2D eigenvalue weighted by atomic mass is 19.2. The van der Waals surface area contributed by atoms with Gasteiger partial charge in [-0.25, -0.2) is 13.2 Å². The molecule has 0 nitrogen and oxygen atoms in total. The molecule has 0 aromatic heterocycles. The maximum absolute atomic E-state index is 14.3. The first-order chi connectivity index (χ1) is 11.6. The molecule has 0 amide bonds. The van der Waals surface area contributed by atoms with Crippen LogP contribution in [0.3, 0.4) is 0 Å². The zero-order chi connectivity index (χ0) is 17.1. The van der Waals surface area contributed by atoms with Gasteiger partial charge in [-0.05, 0) is 66.6 Å². The molecule has 0 saturated carbocycles. The number of aryl methyl sites for hydroxylation is 1. The molecule has 2 aromatic carbocycles. The topological polar surface area (TPSA) is 0 Å². The minimum atomic E-state index is -0.949. The molecule has 24 heavy (non-hydrogen) atoms. The van der Waals surface area contributed by atoms with Gasteiger partial charge in [0.2, 0.25) is 0 Å². The Balaban J connectivity index is 1.86. The van der Waals surface area contributed by atoms with Crippen LogP contribution in [-0.4, -0.2) is 0 Å². The summed E-state index contributed by atoms with van der Waals surface area (Å²) in [5, 5.41) is 0. The molecule has 3 heteroatoms. The van der Waals surface area contributed by atoms with Crippen LogP contribution in [0.5, 0.6) is 0 Å². The van der Waals surface area contributed by atoms with Gasteiger partial charge in [-0.3, -0.25) is 0 Å². The van der Waals surface area contributed by atoms with Crippen molar-refractivity contribution >= 4 is 0 Å². The van der Waals surface area contributed by atoms with Crippen molar-refractivity contribution in [1.29, 1.82) is 0 Å². The standard InChI is InChI=1S/C21H19F3/c1-2-3-14-4-7-16-12-17(20(23)13-18(16)10-14)8-5-15-6-9-19(22)21(24)11-15/h6,9,11-14H,2-4,7,10H2,1H3. The monoisotopic (exact) mass is 328 g/mol. The van der Waals surface area contributed by atoms with E-state index in [9.17, 15) is 13.2 Å². The number of hydrogen-bond acceptors (Lipinski definition) is 0. The molecule has 0 radical (unpaired) electrons. The summed E-state index contributed by atoms with van der Waals surface area (Å²) < 4.78 is 40.4. The highest BCUT2D eigenvalue weighted by molar-refractivity contribution is 5.47. The summed E-state index contributed by atoms with van der Waals surface area (Å²) in [5.74, 6) is 3.89. The van der Waals surface area contributed by atoms with E-state index in [1.54, 1.807) is 12.1 Å². The van der Waals surface area contributed by atoms with E-state index in [0.29, 0.717) is 17.0 Å².